The molecular weight excluding hydrogens is 264 g/mol. The van der Waals surface area contributed by atoms with Gasteiger partial charge in [0.15, 0.2) is 0 Å². The number of benzene rings is 1. The van der Waals surface area contributed by atoms with Crippen LogP contribution in [0, 0.1) is 5.92 Å². The smallest absolute Gasteiger partial charge is 0.0206 e. The Bertz CT molecular complexity index is 300. The fourth-order valence-corrected chi connectivity index (χ4v) is 1.89. The average Bonchev–Trinajstić information content (AvgIpc) is 2.23. The molecule has 16 heavy (non-hydrogen) atoms. The SMILES string of the molecule is CC(C)CNCCNCc1cccc(Br)c1. The minimum absolute atomic E-state index is 0.727. The average molecular weight is 285 g/mol. The zero-order valence-electron chi connectivity index (χ0n) is 10.1. The van der Waals surface area contributed by atoms with Gasteiger partial charge in [0.05, 0.1) is 0 Å². The van der Waals surface area contributed by atoms with E-state index in [0.717, 1.165) is 36.6 Å². The van der Waals surface area contributed by atoms with Crippen molar-refractivity contribution in [3.63, 3.8) is 0 Å². The van der Waals surface area contributed by atoms with Crippen LogP contribution in [0.2, 0.25) is 0 Å². The molecule has 0 bridgehead atoms. The molecule has 3 heteroatoms. The van der Waals surface area contributed by atoms with Gasteiger partial charge in [-0.3, -0.25) is 0 Å². The second-order valence-corrected chi connectivity index (χ2v) is 5.32. The van der Waals surface area contributed by atoms with Gasteiger partial charge in [0.2, 0.25) is 0 Å². The molecule has 2 nitrogen and oxygen atoms in total. The fourth-order valence-electron chi connectivity index (χ4n) is 1.45. The van der Waals surface area contributed by atoms with E-state index in [1.165, 1.54) is 5.56 Å². The first-order valence-corrected chi connectivity index (χ1v) is 6.63. The van der Waals surface area contributed by atoms with Crippen molar-refractivity contribution in [2.75, 3.05) is 19.6 Å². The lowest BCUT2D eigenvalue weighted by molar-refractivity contribution is 0.535. The second kappa shape index (κ2) is 7.82. The van der Waals surface area contributed by atoms with Crippen LogP contribution in [0.4, 0.5) is 0 Å². The molecule has 1 rings (SSSR count). The van der Waals surface area contributed by atoms with Crippen molar-refractivity contribution in [3.05, 3.63) is 34.3 Å². The molecule has 0 heterocycles. The van der Waals surface area contributed by atoms with Crippen molar-refractivity contribution in [3.8, 4) is 0 Å². The summed E-state index contributed by atoms with van der Waals surface area (Å²) in [6.45, 7) is 8.52. The van der Waals surface area contributed by atoms with Crippen LogP contribution in [0.3, 0.4) is 0 Å². The van der Waals surface area contributed by atoms with Crippen LogP contribution < -0.4 is 10.6 Å². The molecule has 2 N–H and O–H groups in total. The summed E-state index contributed by atoms with van der Waals surface area (Å²) in [6, 6.07) is 8.40. The molecule has 1 aromatic rings. The molecular formula is C13H21BrN2. The highest BCUT2D eigenvalue weighted by Gasteiger charge is 1.94. The third-order valence-corrected chi connectivity index (χ3v) is 2.74. The number of hydrogen-bond donors (Lipinski definition) is 2. The number of hydrogen-bond acceptors (Lipinski definition) is 2. The van der Waals surface area contributed by atoms with E-state index in [1.807, 2.05) is 6.07 Å². The molecule has 0 fully saturated rings. The normalized spacial score (nSPS) is 11.0. The molecule has 0 atom stereocenters. The largest absolute Gasteiger partial charge is 0.315 e. The summed E-state index contributed by atoms with van der Waals surface area (Å²) in [5, 5.41) is 6.83. The van der Waals surface area contributed by atoms with Crippen molar-refractivity contribution in [2.24, 2.45) is 5.92 Å². The van der Waals surface area contributed by atoms with Gasteiger partial charge in [0.25, 0.3) is 0 Å². The highest BCUT2D eigenvalue weighted by Crippen LogP contribution is 2.10. The molecule has 0 aliphatic carbocycles. The lowest BCUT2D eigenvalue weighted by atomic mass is 10.2. The van der Waals surface area contributed by atoms with Crippen LogP contribution in [-0.4, -0.2) is 19.6 Å². The van der Waals surface area contributed by atoms with E-state index in [2.05, 4.69) is 58.6 Å². The van der Waals surface area contributed by atoms with Crippen molar-refractivity contribution in [2.45, 2.75) is 20.4 Å². The summed E-state index contributed by atoms with van der Waals surface area (Å²) in [6.07, 6.45) is 0. The van der Waals surface area contributed by atoms with Crippen LogP contribution in [-0.2, 0) is 6.54 Å². The molecule has 0 aliphatic rings. The molecule has 0 radical (unpaired) electrons. The Kier molecular flexibility index (Phi) is 6.69. The molecule has 0 spiro atoms. The number of nitrogens with one attached hydrogen (secondary N) is 2. The Morgan fingerprint density at radius 3 is 2.62 bits per heavy atom. The quantitative estimate of drug-likeness (QED) is 0.753. The Hall–Kier alpha value is -0.380. The lowest BCUT2D eigenvalue weighted by Gasteiger charge is -2.08. The maximum Gasteiger partial charge on any atom is 0.0206 e. The predicted octanol–water partition coefficient (Wildman–Crippen LogP) is 2.78. The third kappa shape index (κ3) is 6.26. The van der Waals surface area contributed by atoms with Crippen molar-refractivity contribution in [1.82, 2.24) is 10.6 Å². The van der Waals surface area contributed by atoms with E-state index in [4.69, 9.17) is 0 Å². The molecule has 90 valence electrons. The molecule has 0 amide bonds. The first-order valence-electron chi connectivity index (χ1n) is 5.84. The number of halogens is 1. The van der Waals surface area contributed by atoms with E-state index >= 15 is 0 Å². The molecule has 1 aromatic carbocycles. The second-order valence-electron chi connectivity index (χ2n) is 4.40. The van der Waals surface area contributed by atoms with E-state index in [9.17, 15) is 0 Å². The zero-order chi connectivity index (χ0) is 11.8. The monoisotopic (exact) mass is 284 g/mol. The summed E-state index contributed by atoms with van der Waals surface area (Å²) in [4.78, 5) is 0. The van der Waals surface area contributed by atoms with Gasteiger partial charge in [-0.15, -0.1) is 0 Å². The molecule has 0 unspecified atom stereocenters. The minimum atomic E-state index is 0.727. The van der Waals surface area contributed by atoms with Crippen molar-refractivity contribution in [1.29, 1.82) is 0 Å². The molecule has 0 saturated carbocycles. The highest BCUT2D eigenvalue weighted by atomic mass is 79.9. The Labute approximate surface area is 107 Å². The maximum absolute atomic E-state index is 3.47. The van der Waals surface area contributed by atoms with Crippen LogP contribution in [0.15, 0.2) is 28.7 Å². The van der Waals surface area contributed by atoms with Gasteiger partial charge in [0, 0.05) is 24.1 Å². The molecule has 0 aliphatic heterocycles. The Morgan fingerprint density at radius 1 is 1.19 bits per heavy atom. The van der Waals surface area contributed by atoms with Gasteiger partial charge in [-0.05, 0) is 30.2 Å². The molecule has 0 aromatic heterocycles. The van der Waals surface area contributed by atoms with Crippen LogP contribution >= 0.6 is 15.9 Å². The summed E-state index contributed by atoms with van der Waals surface area (Å²) in [7, 11) is 0. The van der Waals surface area contributed by atoms with Crippen molar-refractivity contribution < 1.29 is 0 Å². The maximum atomic E-state index is 3.47. The van der Waals surface area contributed by atoms with E-state index < -0.39 is 0 Å². The van der Waals surface area contributed by atoms with Gasteiger partial charge in [0.1, 0.15) is 0 Å². The van der Waals surface area contributed by atoms with Crippen molar-refractivity contribution >= 4 is 15.9 Å². The fraction of sp³-hybridized carbons (Fsp3) is 0.538. The van der Waals surface area contributed by atoms with Gasteiger partial charge in [-0.1, -0.05) is 41.9 Å². The van der Waals surface area contributed by atoms with Gasteiger partial charge < -0.3 is 10.6 Å². The number of rotatable bonds is 7. The topological polar surface area (TPSA) is 24.1 Å². The van der Waals surface area contributed by atoms with Crippen LogP contribution in [0.25, 0.3) is 0 Å². The van der Waals surface area contributed by atoms with E-state index in [-0.39, 0.29) is 0 Å². The summed E-state index contributed by atoms with van der Waals surface area (Å²) < 4.78 is 1.14. The van der Waals surface area contributed by atoms with Crippen LogP contribution in [0.5, 0.6) is 0 Å². The summed E-state index contributed by atoms with van der Waals surface area (Å²) >= 11 is 3.47. The molecule has 0 saturated heterocycles. The van der Waals surface area contributed by atoms with Gasteiger partial charge >= 0.3 is 0 Å². The lowest BCUT2D eigenvalue weighted by Crippen LogP contribution is -2.29. The Morgan fingerprint density at radius 2 is 1.94 bits per heavy atom. The zero-order valence-corrected chi connectivity index (χ0v) is 11.7. The first kappa shape index (κ1) is 13.7. The van der Waals surface area contributed by atoms with E-state index in [1.54, 1.807) is 0 Å². The summed E-state index contributed by atoms with van der Waals surface area (Å²) in [5.41, 5.74) is 1.32. The highest BCUT2D eigenvalue weighted by molar-refractivity contribution is 9.10. The van der Waals surface area contributed by atoms with Crippen LogP contribution in [0.1, 0.15) is 19.4 Å². The standard InChI is InChI=1S/C13H21BrN2/c1-11(2)9-15-6-7-16-10-12-4-3-5-13(14)8-12/h3-5,8,11,15-16H,6-7,9-10H2,1-2H3. The predicted molar refractivity (Wildman–Crippen MR) is 73.6 cm³/mol. The first-order chi connectivity index (χ1) is 7.68. The van der Waals surface area contributed by atoms with Gasteiger partial charge in [-0.2, -0.15) is 0 Å². The third-order valence-electron chi connectivity index (χ3n) is 2.25. The summed E-state index contributed by atoms with van der Waals surface area (Å²) in [5.74, 6) is 0.727. The Balaban J connectivity index is 2.07. The van der Waals surface area contributed by atoms with Gasteiger partial charge in [-0.25, -0.2) is 0 Å². The minimum Gasteiger partial charge on any atom is -0.315 e. The van der Waals surface area contributed by atoms with E-state index in [0.29, 0.717) is 0 Å².